The van der Waals surface area contributed by atoms with Gasteiger partial charge in [-0.15, -0.1) is 0 Å². The molecule has 0 aliphatic heterocycles. The predicted molar refractivity (Wildman–Crippen MR) is 104 cm³/mol. The molecule has 0 spiro atoms. The Kier molecular flexibility index (Phi) is 6.12. The van der Waals surface area contributed by atoms with Crippen LogP contribution in [0.1, 0.15) is 31.1 Å². The molecule has 2 rings (SSSR count). The van der Waals surface area contributed by atoms with E-state index in [0.717, 1.165) is 6.07 Å². The lowest BCUT2D eigenvalue weighted by Gasteiger charge is -2.21. The minimum absolute atomic E-state index is 0.0203. The van der Waals surface area contributed by atoms with Gasteiger partial charge in [0, 0.05) is 15.6 Å². The van der Waals surface area contributed by atoms with Gasteiger partial charge in [0.15, 0.2) is 0 Å². The zero-order chi connectivity index (χ0) is 19.7. The molecule has 1 amide bonds. The molecule has 0 aliphatic rings. The van der Waals surface area contributed by atoms with Crippen LogP contribution in [0.4, 0.5) is 10.1 Å². The number of nitrogens with one attached hydrogen (secondary N) is 2. The lowest BCUT2D eigenvalue weighted by atomic mass is 10.1. The summed E-state index contributed by atoms with van der Waals surface area (Å²) >= 11 is 9.13. The van der Waals surface area contributed by atoms with Gasteiger partial charge >= 0.3 is 0 Å². The number of carbonyl (C=O) groups excluding carboxylic acids is 1. The molecule has 26 heavy (non-hydrogen) atoms. The number of benzene rings is 2. The van der Waals surface area contributed by atoms with Gasteiger partial charge in [0.1, 0.15) is 10.7 Å². The highest BCUT2D eigenvalue weighted by Gasteiger charge is 2.25. The normalized spacial score (nSPS) is 12.1. The Morgan fingerprint density at radius 1 is 1.15 bits per heavy atom. The van der Waals surface area contributed by atoms with Crippen molar-refractivity contribution in [2.75, 3.05) is 5.32 Å². The van der Waals surface area contributed by atoms with Crippen LogP contribution in [0.2, 0.25) is 5.02 Å². The molecule has 5 nitrogen and oxygen atoms in total. The van der Waals surface area contributed by atoms with Crippen molar-refractivity contribution in [1.29, 1.82) is 0 Å². The van der Waals surface area contributed by atoms with Crippen LogP contribution >= 0.6 is 27.5 Å². The lowest BCUT2D eigenvalue weighted by molar-refractivity contribution is 0.102. The van der Waals surface area contributed by atoms with E-state index >= 15 is 0 Å². The zero-order valence-corrected chi connectivity index (χ0v) is 17.4. The molecule has 0 bridgehead atoms. The number of anilines is 1. The summed E-state index contributed by atoms with van der Waals surface area (Å²) in [4.78, 5) is 12.2. The molecule has 0 saturated heterocycles. The van der Waals surface area contributed by atoms with Gasteiger partial charge in [0.05, 0.1) is 10.7 Å². The minimum atomic E-state index is -3.93. The van der Waals surface area contributed by atoms with Crippen molar-refractivity contribution in [3.8, 4) is 0 Å². The van der Waals surface area contributed by atoms with Crippen molar-refractivity contribution in [3.63, 3.8) is 0 Å². The Bertz CT molecular complexity index is 959. The van der Waals surface area contributed by atoms with Crippen LogP contribution < -0.4 is 10.0 Å². The number of rotatable bonds is 4. The minimum Gasteiger partial charge on any atom is -0.319 e. The first-order valence-corrected chi connectivity index (χ1v) is 10.1. The molecule has 0 fully saturated rings. The first-order chi connectivity index (χ1) is 11.9. The van der Waals surface area contributed by atoms with Gasteiger partial charge in [-0.3, -0.25) is 4.79 Å². The Morgan fingerprint density at radius 2 is 1.81 bits per heavy atom. The summed E-state index contributed by atoms with van der Waals surface area (Å²) in [6, 6.07) is 8.01. The van der Waals surface area contributed by atoms with Crippen molar-refractivity contribution < 1.29 is 17.6 Å². The third kappa shape index (κ3) is 5.26. The Balaban J connectivity index is 2.35. The van der Waals surface area contributed by atoms with Crippen LogP contribution in [0.5, 0.6) is 0 Å². The highest BCUT2D eigenvalue weighted by Crippen LogP contribution is 2.25. The SMILES string of the molecule is CC(C)(C)NS(=O)(=O)c1cc(C(=O)Nc2ccc(Br)cc2F)ccc1Cl. The van der Waals surface area contributed by atoms with Crippen LogP contribution in [0.25, 0.3) is 0 Å². The van der Waals surface area contributed by atoms with E-state index in [1.807, 2.05) is 0 Å². The molecule has 0 radical (unpaired) electrons. The van der Waals surface area contributed by atoms with Crippen molar-refractivity contribution in [1.82, 2.24) is 4.72 Å². The topological polar surface area (TPSA) is 75.3 Å². The average molecular weight is 464 g/mol. The van der Waals surface area contributed by atoms with E-state index in [1.54, 1.807) is 26.8 Å². The van der Waals surface area contributed by atoms with Crippen molar-refractivity contribution in [3.05, 3.63) is 57.3 Å². The number of sulfonamides is 1. The van der Waals surface area contributed by atoms with Crippen molar-refractivity contribution >= 4 is 49.1 Å². The van der Waals surface area contributed by atoms with Gasteiger partial charge in [-0.25, -0.2) is 17.5 Å². The van der Waals surface area contributed by atoms with E-state index < -0.39 is 27.3 Å². The number of halogens is 3. The molecule has 0 aromatic heterocycles. The van der Waals surface area contributed by atoms with Gasteiger partial charge in [0.25, 0.3) is 5.91 Å². The number of amides is 1. The summed E-state index contributed by atoms with van der Waals surface area (Å²) < 4.78 is 41.9. The molecule has 0 heterocycles. The molecule has 140 valence electrons. The maximum Gasteiger partial charge on any atom is 0.255 e. The van der Waals surface area contributed by atoms with Gasteiger partial charge in [-0.2, -0.15) is 0 Å². The average Bonchev–Trinajstić information content (AvgIpc) is 2.47. The van der Waals surface area contributed by atoms with E-state index in [4.69, 9.17) is 11.6 Å². The highest BCUT2D eigenvalue weighted by molar-refractivity contribution is 9.10. The number of hydrogen-bond donors (Lipinski definition) is 2. The summed E-state index contributed by atoms with van der Waals surface area (Å²) in [5, 5.41) is 2.39. The second-order valence-electron chi connectivity index (χ2n) is 6.58. The number of carbonyl (C=O) groups is 1. The smallest absolute Gasteiger partial charge is 0.255 e. The second-order valence-corrected chi connectivity index (χ2v) is 9.55. The van der Waals surface area contributed by atoms with Crippen molar-refractivity contribution in [2.24, 2.45) is 0 Å². The largest absolute Gasteiger partial charge is 0.319 e. The van der Waals surface area contributed by atoms with Gasteiger partial charge < -0.3 is 5.32 Å². The standard InChI is InChI=1S/C17H17BrClFN2O3S/c1-17(2,3)22-26(24,25)15-8-10(4-6-12(15)19)16(23)21-14-7-5-11(18)9-13(14)20/h4-9,22H,1-3H3,(H,21,23). The number of hydrogen-bond acceptors (Lipinski definition) is 3. The summed E-state index contributed by atoms with van der Waals surface area (Å²) in [5.74, 6) is -1.28. The fourth-order valence-corrected chi connectivity index (χ4v) is 4.37. The van der Waals surface area contributed by atoms with Crippen LogP contribution in [-0.2, 0) is 10.0 Å². The predicted octanol–water partition coefficient (Wildman–Crippen LogP) is 4.57. The van der Waals surface area contributed by atoms with Crippen LogP contribution in [0.3, 0.4) is 0 Å². The van der Waals surface area contributed by atoms with Crippen LogP contribution in [0.15, 0.2) is 45.8 Å². The third-order valence-corrected chi connectivity index (χ3v) is 5.84. The Hall–Kier alpha value is -1.48. The monoisotopic (exact) mass is 462 g/mol. The maximum absolute atomic E-state index is 13.9. The van der Waals surface area contributed by atoms with Gasteiger partial charge in [-0.05, 0) is 57.2 Å². The fraction of sp³-hybridized carbons (Fsp3) is 0.235. The van der Waals surface area contributed by atoms with E-state index in [0.29, 0.717) is 4.47 Å². The van der Waals surface area contributed by atoms with Crippen LogP contribution in [-0.4, -0.2) is 19.9 Å². The molecule has 9 heteroatoms. The van der Waals surface area contributed by atoms with Crippen LogP contribution in [0, 0.1) is 5.82 Å². The molecule has 2 N–H and O–H groups in total. The molecular formula is C17H17BrClFN2O3S. The third-order valence-electron chi connectivity index (χ3n) is 3.10. The first kappa shape index (κ1) is 20.8. The summed E-state index contributed by atoms with van der Waals surface area (Å²) in [5.41, 5.74) is -0.711. The molecule has 0 saturated carbocycles. The molecule has 0 unspecified atom stereocenters. The van der Waals surface area contributed by atoms with Gasteiger partial charge in [0.2, 0.25) is 10.0 Å². The van der Waals surface area contributed by atoms with E-state index in [2.05, 4.69) is 26.0 Å². The van der Waals surface area contributed by atoms with E-state index in [9.17, 15) is 17.6 Å². The molecule has 0 atom stereocenters. The molecule has 0 aliphatic carbocycles. The second kappa shape index (κ2) is 7.64. The summed E-state index contributed by atoms with van der Waals surface area (Å²) in [6.45, 7) is 5.06. The molecule has 2 aromatic rings. The quantitative estimate of drug-likeness (QED) is 0.697. The summed E-state index contributed by atoms with van der Waals surface area (Å²) in [6.07, 6.45) is 0. The zero-order valence-electron chi connectivity index (χ0n) is 14.2. The first-order valence-electron chi connectivity index (χ1n) is 7.49. The lowest BCUT2D eigenvalue weighted by Crippen LogP contribution is -2.40. The van der Waals surface area contributed by atoms with E-state index in [1.165, 1.54) is 24.3 Å². The summed E-state index contributed by atoms with van der Waals surface area (Å²) in [7, 11) is -3.93. The highest BCUT2D eigenvalue weighted by atomic mass is 79.9. The Labute approximate surface area is 165 Å². The maximum atomic E-state index is 13.9. The van der Waals surface area contributed by atoms with E-state index in [-0.39, 0.29) is 21.2 Å². The molecular weight excluding hydrogens is 447 g/mol. The molecule has 2 aromatic carbocycles. The fourth-order valence-electron chi connectivity index (χ4n) is 2.09. The van der Waals surface area contributed by atoms with Crippen molar-refractivity contribution in [2.45, 2.75) is 31.2 Å². The van der Waals surface area contributed by atoms with Gasteiger partial charge in [-0.1, -0.05) is 27.5 Å². The Morgan fingerprint density at radius 3 is 2.38 bits per heavy atom.